The molecular formula is C9H9ClF2N2O2. The van der Waals surface area contributed by atoms with Gasteiger partial charge in [0.05, 0.1) is 24.2 Å². The fourth-order valence-corrected chi connectivity index (χ4v) is 1.26. The molecule has 16 heavy (non-hydrogen) atoms. The van der Waals surface area contributed by atoms with Gasteiger partial charge in [-0.25, -0.2) is 13.8 Å². The Labute approximate surface area is 95.4 Å². The largest absolute Gasteiger partial charge is 0.469 e. The summed E-state index contributed by atoms with van der Waals surface area (Å²) < 4.78 is 29.6. The molecule has 1 heterocycles. The number of ether oxygens (including phenoxy) is 1. The van der Waals surface area contributed by atoms with E-state index < -0.39 is 18.0 Å². The van der Waals surface area contributed by atoms with Gasteiger partial charge >= 0.3 is 5.97 Å². The number of aromatic nitrogens is 1. The van der Waals surface area contributed by atoms with Crippen LogP contribution in [0.4, 0.5) is 14.6 Å². The number of hydrogen-bond donors (Lipinski definition) is 1. The molecular weight excluding hydrogens is 242 g/mol. The highest BCUT2D eigenvalue weighted by atomic mass is 35.5. The molecule has 1 rings (SSSR count). The zero-order chi connectivity index (χ0) is 12.3. The molecule has 7 heteroatoms. The molecule has 0 spiro atoms. The summed E-state index contributed by atoms with van der Waals surface area (Å²) in [5.74, 6) is -0.763. The quantitative estimate of drug-likeness (QED) is 0.833. The Morgan fingerprint density at radius 3 is 2.81 bits per heavy atom. The molecule has 0 fully saturated rings. The van der Waals surface area contributed by atoms with Crippen molar-refractivity contribution in [1.82, 2.24) is 4.98 Å². The minimum absolute atomic E-state index is 0.0658. The fourth-order valence-electron chi connectivity index (χ4n) is 1.10. The summed E-state index contributed by atoms with van der Waals surface area (Å²) in [6, 6.07) is 1.01. The van der Waals surface area contributed by atoms with Crippen LogP contribution < -0.4 is 5.73 Å². The van der Waals surface area contributed by atoms with Crippen molar-refractivity contribution in [3.8, 4) is 0 Å². The average Bonchev–Trinajstić information content (AvgIpc) is 2.22. The SMILES string of the molecule is COC(=O)Cc1nc(N)c(Cl)cc1C(F)F. The normalized spacial score (nSPS) is 10.6. The van der Waals surface area contributed by atoms with Gasteiger partial charge in [0.25, 0.3) is 6.43 Å². The fraction of sp³-hybridized carbons (Fsp3) is 0.333. The van der Waals surface area contributed by atoms with Crippen LogP contribution in [-0.4, -0.2) is 18.1 Å². The van der Waals surface area contributed by atoms with Gasteiger partial charge in [0.15, 0.2) is 0 Å². The minimum atomic E-state index is -2.77. The molecule has 1 aromatic heterocycles. The van der Waals surface area contributed by atoms with E-state index in [1.54, 1.807) is 0 Å². The first-order chi connectivity index (χ1) is 7.45. The van der Waals surface area contributed by atoms with E-state index in [0.717, 1.165) is 13.2 Å². The molecule has 2 N–H and O–H groups in total. The van der Waals surface area contributed by atoms with Crippen LogP contribution in [-0.2, 0) is 16.0 Å². The number of carbonyl (C=O) groups is 1. The van der Waals surface area contributed by atoms with Gasteiger partial charge in [-0.1, -0.05) is 11.6 Å². The summed E-state index contributed by atoms with van der Waals surface area (Å²) in [6.07, 6.45) is -3.14. The van der Waals surface area contributed by atoms with Crippen molar-refractivity contribution in [2.45, 2.75) is 12.8 Å². The highest BCUT2D eigenvalue weighted by Crippen LogP contribution is 2.28. The number of hydrogen-bond acceptors (Lipinski definition) is 4. The van der Waals surface area contributed by atoms with Gasteiger partial charge in [0, 0.05) is 5.56 Å². The van der Waals surface area contributed by atoms with E-state index >= 15 is 0 Å². The van der Waals surface area contributed by atoms with Crippen molar-refractivity contribution < 1.29 is 18.3 Å². The lowest BCUT2D eigenvalue weighted by atomic mass is 10.1. The summed E-state index contributed by atoms with van der Waals surface area (Å²) >= 11 is 5.56. The van der Waals surface area contributed by atoms with Crippen molar-refractivity contribution >= 4 is 23.4 Å². The van der Waals surface area contributed by atoms with Crippen molar-refractivity contribution in [1.29, 1.82) is 0 Å². The Morgan fingerprint density at radius 1 is 1.69 bits per heavy atom. The monoisotopic (exact) mass is 250 g/mol. The van der Waals surface area contributed by atoms with Crippen molar-refractivity contribution in [2.75, 3.05) is 12.8 Å². The van der Waals surface area contributed by atoms with Crippen LogP contribution in [0.15, 0.2) is 6.07 Å². The second-order valence-electron chi connectivity index (χ2n) is 2.94. The van der Waals surface area contributed by atoms with Crippen LogP contribution in [0.5, 0.6) is 0 Å². The van der Waals surface area contributed by atoms with Crippen LogP contribution >= 0.6 is 11.6 Å². The van der Waals surface area contributed by atoms with E-state index in [9.17, 15) is 13.6 Å². The molecule has 0 aromatic carbocycles. The molecule has 4 nitrogen and oxygen atoms in total. The number of nitrogen functional groups attached to an aromatic ring is 1. The predicted molar refractivity (Wildman–Crippen MR) is 54.3 cm³/mol. The van der Waals surface area contributed by atoms with Crippen LogP contribution in [0.1, 0.15) is 17.7 Å². The molecule has 0 atom stereocenters. The standard InChI is InChI=1S/C9H9ClF2N2O2/c1-16-7(15)3-6-4(8(11)12)2-5(10)9(13)14-6/h2,8H,3H2,1H3,(H2,13,14). The number of nitrogens with zero attached hydrogens (tertiary/aromatic N) is 1. The van der Waals surface area contributed by atoms with E-state index in [1.165, 1.54) is 0 Å². The van der Waals surface area contributed by atoms with Crippen LogP contribution in [0, 0.1) is 0 Å². The Morgan fingerprint density at radius 2 is 2.31 bits per heavy atom. The summed E-state index contributed by atoms with van der Waals surface area (Å²) in [5.41, 5.74) is 4.83. The predicted octanol–water partition coefficient (Wildman–Crippen LogP) is 1.97. The second kappa shape index (κ2) is 5.07. The molecule has 0 saturated carbocycles. The zero-order valence-electron chi connectivity index (χ0n) is 8.34. The number of nitrogens with two attached hydrogens (primary N) is 1. The molecule has 0 amide bonds. The first-order valence-electron chi connectivity index (χ1n) is 4.25. The van der Waals surface area contributed by atoms with Crippen molar-refractivity contribution in [3.63, 3.8) is 0 Å². The number of esters is 1. The van der Waals surface area contributed by atoms with Gasteiger partial charge in [-0.05, 0) is 6.07 Å². The smallest absolute Gasteiger partial charge is 0.311 e. The van der Waals surface area contributed by atoms with E-state index in [1.807, 2.05) is 0 Å². The molecule has 0 aliphatic carbocycles. The number of rotatable bonds is 3. The highest BCUT2D eigenvalue weighted by Gasteiger charge is 2.19. The maximum Gasteiger partial charge on any atom is 0.311 e. The lowest BCUT2D eigenvalue weighted by Gasteiger charge is -2.09. The third-order valence-corrected chi connectivity index (χ3v) is 2.19. The molecule has 0 radical (unpaired) electrons. The van der Waals surface area contributed by atoms with Gasteiger partial charge in [-0.15, -0.1) is 0 Å². The number of alkyl halides is 2. The summed E-state index contributed by atoms with van der Waals surface area (Å²) in [5, 5.41) is -0.0658. The van der Waals surface area contributed by atoms with Crippen LogP contribution in [0.25, 0.3) is 0 Å². The van der Waals surface area contributed by atoms with Crippen molar-refractivity contribution in [3.05, 3.63) is 22.3 Å². The van der Waals surface area contributed by atoms with E-state index in [2.05, 4.69) is 9.72 Å². The summed E-state index contributed by atoms with van der Waals surface area (Å²) in [6.45, 7) is 0. The number of halogens is 3. The lowest BCUT2D eigenvalue weighted by molar-refractivity contribution is -0.139. The number of methoxy groups -OCH3 is 1. The van der Waals surface area contributed by atoms with Crippen molar-refractivity contribution in [2.24, 2.45) is 0 Å². The lowest BCUT2D eigenvalue weighted by Crippen LogP contribution is -2.10. The average molecular weight is 251 g/mol. The molecule has 88 valence electrons. The summed E-state index contributed by atoms with van der Waals surface area (Å²) in [7, 11) is 1.16. The third kappa shape index (κ3) is 2.79. The van der Waals surface area contributed by atoms with Gasteiger partial charge in [0.1, 0.15) is 5.82 Å². The second-order valence-corrected chi connectivity index (χ2v) is 3.35. The molecule has 0 bridgehead atoms. The van der Waals surface area contributed by atoms with Gasteiger partial charge < -0.3 is 10.5 Å². The van der Waals surface area contributed by atoms with Gasteiger partial charge in [0.2, 0.25) is 0 Å². The zero-order valence-corrected chi connectivity index (χ0v) is 9.09. The first-order valence-corrected chi connectivity index (χ1v) is 4.63. The Kier molecular flexibility index (Phi) is 4.00. The number of anilines is 1. The number of pyridine rings is 1. The molecule has 1 aromatic rings. The molecule has 0 aliphatic heterocycles. The van der Waals surface area contributed by atoms with Crippen LogP contribution in [0.2, 0.25) is 5.02 Å². The van der Waals surface area contributed by atoms with Crippen LogP contribution in [0.3, 0.4) is 0 Å². The Hall–Kier alpha value is -1.43. The maximum atomic E-state index is 12.6. The van der Waals surface area contributed by atoms with E-state index in [0.29, 0.717) is 0 Å². The van der Waals surface area contributed by atoms with Gasteiger partial charge in [-0.3, -0.25) is 4.79 Å². The Bertz CT molecular complexity index is 413. The minimum Gasteiger partial charge on any atom is -0.469 e. The highest BCUT2D eigenvalue weighted by molar-refractivity contribution is 6.32. The third-order valence-electron chi connectivity index (χ3n) is 1.89. The molecule has 0 aliphatic rings. The first kappa shape index (κ1) is 12.6. The Balaban J connectivity index is 3.14. The summed E-state index contributed by atoms with van der Waals surface area (Å²) in [4.78, 5) is 14.6. The maximum absolute atomic E-state index is 12.6. The number of carbonyl (C=O) groups excluding carboxylic acids is 1. The van der Waals surface area contributed by atoms with Gasteiger partial charge in [-0.2, -0.15) is 0 Å². The van der Waals surface area contributed by atoms with E-state index in [4.69, 9.17) is 17.3 Å². The molecule has 0 unspecified atom stereocenters. The topological polar surface area (TPSA) is 65.2 Å². The van der Waals surface area contributed by atoms with E-state index in [-0.39, 0.29) is 23.0 Å². The molecule has 0 saturated heterocycles.